The Kier molecular flexibility index (Phi) is 4.55. The molecule has 0 aliphatic carbocycles. The van der Waals surface area contributed by atoms with Gasteiger partial charge in [0.05, 0.1) is 33.5 Å². The van der Waals surface area contributed by atoms with Gasteiger partial charge in [-0.25, -0.2) is 14.5 Å². The molecule has 2 aromatic carbocycles. The zero-order valence-corrected chi connectivity index (χ0v) is 16.3. The number of hydrogen-bond donors (Lipinski definition) is 3. The molecule has 1 aliphatic rings. The summed E-state index contributed by atoms with van der Waals surface area (Å²) in [7, 11) is 0. The van der Waals surface area contributed by atoms with Gasteiger partial charge in [0, 0.05) is 10.9 Å². The van der Waals surface area contributed by atoms with Gasteiger partial charge in [-0.05, 0) is 31.2 Å². The first kappa shape index (κ1) is 19.0. The van der Waals surface area contributed by atoms with Crippen molar-refractivity contribution in [1.82, 2.24) is 20.5 Å². The zero-order chi connectivity index (χ0) is 20.9. The van der Waals surface area contributed by atoms with Crippen molar-refractivity contribution in [1.29, 1.82) is 5.26 Å². The Bertz CT molecular complexity index is 1210. The van der Waals surface area contributed by atoms with Gasteiger partial charge in [-0.1, -0.05) is 23.2 Å². The summed E-state index contributed by atoms with van der Waals surface area (Å²) in [6.45, 7) is 1.77. The van der Waals surface area contributed by atoms with Crippen LogP contribution < -0.4 is 15.8 Å². The first-order valence-electron chi connectivity index (χ1n) is 8.28. The van der Waals surface area contributed by atoms with Crippen LogP contribution in [0.3, 0.4) is 0 Å². The van der Waals surface area contributed by atoms with Gasteiger partial charge in [0.2, 0.25) is 0 Å². The minimum atomic E-state index is -1.24. The number of nitrogens with zero attached hydrogens (tertiary/aromatic N) is 4. The van der Waals surface area contributed by atoms with Crippen LogP contribution in [0, 0.1) is 18.3 Å². The van der Waals surface area contributed by atoms with Gasteiger partial charge < -0.3 is 5.11 Å². The maximum absolute atomic E-state index is 12.1. The van der Waals surface area contributed by atoms with Crippen molar-refractivity contribution in [3.8, 4) is 17.5 Å². The van der Waals surface area contributed by atoms with E-state index >= 15 is 0 Å². The van der Waals surface area contributed by atoms with Gasteiger partial charge in [0.15, 0.2) is 6.04 Å². The Morgan fingerprint density at radius 3 is 2.59 bits per heavy atom. The summed E-state index contributed by atoms with van der Waals surface area (Å²) in [6, 6.07) is 5.90. The average molecular weight is 431 g/mol. The third-order valence-electron chi connectivity index (χ3n) is 4.55. The molecule has 0 radical (unpaired) electrons. The maximum atomic E-state index is 12.1. The molecule has 3 N–H and O–H groups in total. The van der Waals surface area contributed by atoms with Crippen LogP contribution in [0.4, 0.5) is 10.5 Å². The third-order valence-corrected chi connectivity index (χ3v) is 5.12. The molecule has 4 rings (SSSR count). The fourth-order valence-corrected chi connectivity index (χ4v) is 3.68. The summed E-state index contributed by atoms with van der Waals surface area (Å²) in [5.41, 5.74) is 4.47. The van der Waals surface area contributed by atoms with Crippen LogP contribution in [-0.2, 0) is 4.79 Å². The molecular formula is C18H12Cl2N6O3. The molecule has 0 bridgehead atoms. The molecule has 0 spiro atoms. The van der Waals surface area contributed by atoms with Gasteiger partial charge in [-0.15, -0.1) is 0 Å². The number of aryl methyl sites for hydroxylation is 1. The van der Waals surface area contributed by atoms with E-state index in [2.05, 4.69) is 15.8 Å². The number of carbonyl (C=O) groups is 2. The monoisotopic (exact) mass is 430 g/mol. The number of carbonyl (C=O) groups excluding carboxylic acids is 2. The van der Waals surface area contributed by atoms with Gasteiger partial charge >= 0.3 is 6.03 Å². The van der Waals surface area contributed by atoms with Crippen molar-refractivity contribution in [3.05, 3.63) is 46.1 Å². The lowest BCUT2D eigenvalue weighted by molar-refractivity contribution is -0.121. The molecule has 1 aliphatic heterocycles. The number of phenolic OH excluding ortho intramolecular Hbond substituents is 1. The van der Waals surface area contributed by atoms with Crippen LogP contribution in [0.15, 0.2) is 30.5 Å². The summed E-state index contributed by atoms with van der Waals surface area (Å²) in [6.07, 6.45) is 1.59. The van der Waals surface area contributed by atoms with Crippen LogP contribution in [-0.4, -0.2) is 32.9 Å². The number of halogens is 2. The molecule has 11 heteroatoms. The number of amides is 3. The van der Waals surface area contributed by atoms with E-state index in [1.54, 1.807) is 31.3 Å². The third kappa shape index (κ3) is 3.03. The number of urea groups is 1. The Balaban J connectivity index is 1.80. The summed E-state index contributed by atoms with van der Waals surface area (Å²) >= 11 is 12.9. The standard InChI is InChI=1S/C18H12Cl2N6O3/c1-8-10-7-22-26(14(10)2-3-15(8)27)16-11(19)4-9(5-12(16)20)25-18(29)23-17(28)13(6-21)24-25/h2-5,7,13,24,27H,1H3,(H,23,28,29). The minimum absolute atomic E-state index is 0.147. The maximum Gasteiger partial charge on any atom is 0.343 e. The van der Waals surface area contributed by atoms with Crippen molar-refractivity contribution in [3.63, 3.8) is 0 Å². The second kappa shape index (κ2) is 6.93. The molecule has 0 saturated carbocycles. The number of imide groups is 1. The first-order chi connectivity index (χ1) is 13.8. The second-order valence-electron chi connectivity index (χ2n) is 6.28. The number of anilines is 1. The molecule has 1 atom stereocenters. The van der Waals surface area contributed by atoms with E-state index in [1.807, 2.05) is 0 Å². The molecule has 1 saturated heterocycles. The van der Waals surface area contributed by atoms with Crippen molar-refractivity contribution < 1.29 is 14.7 Å². The summed E-state index contributed by atoms with van der Waals surface area (Å²) < 4.78 is 1.53. The predicted molar refractivity (Wildman–Crippen MR) is 106 cm³/mol. The van der Waals surface area contributed by atoms with Gasteiger partial charge in [-0.2, -0.15) is 15.8 Å². The Labute approximate surface area is 174 Å². The number of rotatable bonds is 2. The Hall–Kier alpha value is -3.32. The topological polar surface area (TPSA) is 123 Å². The highest BCUT2D eigenvalue weighted by Gasteiger charge is 2.33. The van der Waals surface area contributed by atoms with Crippen molar-refractivity contribution >= 4 is 51.7 Å². The number of hydrogen-bond acceptors (Lipinski definition) is 6. The molecule has 1 aromatic heterocycles. The second-order valence-corrected chi connectivity index (χ2v) is 7.09. The fourth-order valence-electron chi connectivity index (χ4n) is 3.05. The van der Waals surface area contributed by atoms with Gasteiger partial charge in [0.25, 0.3) is 5.91 Å². The molecule has 3 amide bonds. The number of hydrazine groups is 1. The fraction of sp³-hybridized carbons (Fsp3) is 0.111. The molecule has 1 fully saturated rings. The van der Waals surface area contributed by atoms with Crippen LogP contribution in [0.25, 0.3) is 16.6 Å². The van der Waals surface area contributed by atoms with Crippen molar-refractivity contribution in [2.45, 2.75) is 13.0 Å². The van der Waals surface area contributed by atoms with Crippen LogP contribution in [0.5, 0.6) is 5.75 Å². The quantitative estimate of drug-likeness (QED) is 0.574. The van der Waals surface area contributed by atoms with E-state index in [4.69, 9.17) is 28.5 Å². The number of fused-ring (bicyclic) bond motifs is 1. The highest BCUT2D eigenvalue weighted by Crippen LogP contribution is 2.36. The van der Waals surface area contributed by atoms with E-state index in [-0.39, 0.29) is 21.5 Å². The lowest BCUT2D eigenvalue weighted by Gasteiger charge is -2.30. The van der Waals surface area contributed by atoms with Crippen LogP contribution in [0.1, 0.15) is 5.56 Å². The minimum Gasteiger partial charge on any atom is -0.508 e. The number of aromatic hydroxyl groups is 1. The Morgan fingerprint density at radius 1 is 1.24 bits per heavy atom. The van der Waals surface area contributed by atoms with Crippen LogP contribution >= 0.6 is 23.2 Å². The molecule has 2 heterocycles. The van der Waals surface area contributed by atoms with Crippen LogP contribution in [0.2, 0.25) is 10.0 Å². The van der Waals surface area contributed by atoms with Crippen molar-refractivity contribution in [2.75, 3.05) is 5.01 Å². The highest BCUT2D eigenvalue weighted by molar-refractivity contribution is 6.38. The largest absolute Gasteiger partial charge is 0.508 e. The first-order valence-corrected chi connectivity index (χ1v) is 9.04. The molecular weight excluding hydrogens is 419 g/mol. The highest BCUT2D eigenvalue weighted by atomic mass is 35.5. The lowest BCUT2D eigenvalue weighted by atomic mass is 10.1. The number of nitriles is 1. The average Bonchev–Trinajstić information content (AvgIpc) is 3.08. The zero-order valence-electron chi connectivity index (χ0n) is 14.8. The van der Waals surface area contributed by atoms with E-state index in [9.17, 15) is 14.7 Å². The lowest BCUT2D eigenvalue weighted by Crippen LogP contribution is -2.64. The van der Waals surface area contributed by atoms with Gasteiger partial charge in [-0.3, -0.25) is 10.1 Å². The van der Waals surface area contributed by atoms with Crippen molar-refractivity contribution in [2.24, 2.45) is 0 Å². The molecule has 146 valence electrons. The number of aromatic nitrogens is 2. The van der Waals surface area contributed by atoms with E-state index in [1.165, 1.54) is 16.8 Å². The summed E-state index contributed by atoms with van der Waals surface area (Å²) in [5, 5.41) is 27.4. The number of benzene rings is 2. The molecule has 29 heavy (non-hydrogen) atoms. The predicted octanol–water partition coefficient (Wildman–Crippen LogP) is 2.80. The SMILES string of the molecule is Cc1c(O)ccc2c1cnn2-c1c(Cl)cc(N2NC(C#N)C(=O)NC2=O)cc1Cl. The van der Waals surface area contributed by atoms with E-state index in [0.717, 1.165) is 10.4 Å². The Morgan fingerprint density at radius 2 is 1.93 bits per heavy atom. The normalized spacial score (nSPS) is 16.8. The number of phenols is 1. The van der Waals surface area contributed by atoms with Gasteiger partial charge in [0.1, 0.15) is 11.4 Å². The molecule has 1 unspecified atom stereocenters. The van der Waals surface area contributed by atoms with E-state index in [0.29, 0.717) is 16.8 Å². The molecule has 3 aromatic rings. The molecule has 9 nitrogen and oxygen atoms in total. The smallest absolute Gasteiger partial charge is 0.343 e. The number of nitrogens with one attached hydrogen (secondary N) is 2. The summed E-state index contributed by atoms with van der Waals surface area (Å²) in [5.74, 6) is -0.599. The van der Waals surface area contributed by atoms with E-state index < -0.39 is 18.0 Å². The summed E-state index contributed by atoms with van der Waals surface area (Å²) in [4.78, 5) is 23.7.